The van der Waals surface area contributed by atoms with Gasteiger partial charge in [-0.25, -0.2) is 0 Å². The standard InChI is InChI=1S/C18H20N2O/c1-12-7-8-13(2)16(9-12)18(21)20-15-10-14-5-3-4-6-17(14)19-11-15/h3-9,15,19H,10-11H2,1-2H3,(H,20,21). The number of anilines is 1. The van der Waals surface area contributed by atoms with Crippen LogP contribution in [-0.4, -0.2) is 18.5 Å². The fraction of sp³-hybridized carbons (Fsp3) is 0.278. The Kier molecular flexibility index (Phi) is 3.65. The average Bonchev–Trinajstić information content (AvgIpc) is 2.49. The third-order valence-corrected chi connectivity index (χ3v) is 4.00. The number of fused-ring (bicyclic) bond motifs is 1. The molecule has 3 heteroatoms. The molecule has 2 aromatic carbocycles. The first-order valence-corrected chi connectivity index (χ1v) is 7.33. The van der Waals surface area contributed by atoms with E-state index in [4.69, 9.17) is 0 Å². The lowest BCUT2D eigenvalue weighted by atomic mass is 9.99. The number of hydrogen-bond acceptors (Lipinski definition) is 2. The Labute approximate surface area is 125 Å². The smallest absolute Gasteiger partial charge is 0.251 e. The first-order chi connectivity index (χ1) is 10.1. The SMILES string of the molecule is Cc1ccc(C)c(C(=O)NC2CNc3ccccc3C2)c1. The molecule has 0 aliphatic carbocycles. The van der Waals surface area contributed by atoms with Crippen molar-refractivity contribution >= 4 is 11.6 Å². The van der Waals surface area contributed by atoms with E-state index in [0.29, 0.717) is 0 Å². The number of benzene rings is 2. The van der Waals surface area contributed by atoms with Gasteiger partial charge in [0, 0.05) is 17.8 Å². The van der Waals surface area contributed by atoms with E-state index in [9.17, 15) is 4.79 Å². The summed E-state index contributed by atoms with van der Waals surface area (Å²) in [5, 5.41) is 6.52. The second-order valence-electron chi connectivity index (χ2n) is 5.73. The van der Waals surface area contributed by atoms with E-state index in [1.165, 1.54) is 11.3 Å². The first-order valence-electron chi connectivity index (χ1n) is 7.33. The molecule has 0 aromatic heterocycles. The van der Waals surface area contributed by atoms with Gasteiger partial charge in [-0.3, -0.25) is 4.79 Å². The van der Waals surface area contributed by atoms with E-state index in [-0.39, 0.29) is 11.9 Å². The molecule has 3 nitrogen and oxygen atoms in total. The van der Waals surface area contributed by atoms with Gasteiger partial charge in [-0.05, 0) is 43.5 Å². The minimum Gasteiger partial charge on any atom is -0.383 e. The summed E-state index contributed by atoms with van der Waals surface area (Å²) in [6.45, 7) is 4.75. The van der Waals surface area contributed by atoms with E-state index in [1.54, 1.807) is 0 Å². The highest BCUT2D eigenvalue weighted by molar-refractivity contribution is 5.96. The molecule has 2 aromatic rings. The maximum Gasteiger partial charge on any atom is 0.251 e. The van der Waals surface area contributed by atoms with Crippen LogP contribution >= 0.6 is 0 Å². The van der Waals surface area contributed by atoms with Crippen molar-refractivity contribution < 1.29 is 4.79 Å². The largest absolute Gasteiger partial charge is 0.383 e. The summed E-state index contributed by atoms with van der Waals surface area (Å²) in [4.78, 5) is 12.5. The molecule has 1 aliphatic rings. The van der Waals surface area contributed by atoms with Crippen molar-refractivity contribution in [3.63, 3.8) is 0 Å². The van der Waals surface area contributed by atoms with Crippen molar-refractivity contribution in [1.29, 1.82) is 0 Å². The van der Waals surface area contributed by atoms with Crippen LogP contribution < -0.4 is 10.6 Å². The zero-order chi connectivity index (χ0) is 14.8. The number of carbonyl (C=O) groups excluding carboxylic acids is 1. The molecule has 1 unspecified atom stereocenters. The molecular weight excluding hydrogens is 260 g/mol. The van der Waals surface area contributed by atoms with E-state index < -0.39 is 0 Å². The Hall–Kier alpha value is -2.29. The number of rotatable bonds is 2. The van der Waals surface area contributed by atoms with E-state index in [0.717, 1.165) is 29.7 Å². The maximum atomic E-state index is 12.5. The number of nitrogens with one attached hydrogen (secondary N) is 2. The molecule has 2 N–H and O–H groups in total. The van der Waals surface area contributed by atoms with Crippen LogP contribution in [0.25, 0.3) is 0 Å². The van der Waals surface area contributed by atoms with Crippen molar-refractivity contribution in [3.05, 3.63) is 64.7 Å². The molecule has 0 bridgehead atoms. The number of carbonyl (C=O) groups is 1. The van der Waals surface area contributed by atoms with E-state index in [1.807, 2.05) is 44.2 Å². The monoisotopic (exact) mass is 280 g/mol. The topological polar surface area (TPSA) is 41.1 Å². The maximum absolute atomic E-state index is 12.5. The Morgan fingerprint density at radius 3 is 2.86 bits per heavy atom. The van der Waals surface area contributed by atoms with Crippen LogP contribution in [0.5, 0.6) is 0 Å². The quantitative estimate of drug-likeness (QED) is 0.887. The normalized spacial score (nSPS) is 16.8. The minimum absolute atomic E-state index is 0.0161. The number of aryl methyl sites for hydroxylation is 2. The van der Waals surface area contributed by atoms with Crippen molar-refractivity contribution in [1.82, 2.24) is 5.32 Å². The molecular formula is C18H20N2O. The molecule has 0 fully saturated rings. The Morgan fingerprint density at radius 1 is 1.19 bits per heavy atom. The molecule has 21 heavy (non-hydrogen) atoms. The third kappa shape index (κ3) is 2.92. The van der Waals surface area contributed by atoms with Crippen LogP contribution in [0.3, 0.4) is 0 Å². The summed E-state index contributed by atoms with van der Waals surface area (Å²) in [7, 11) is 0. The van der Waals surface area contributed by atoms with Gasteiger partial charge in [0.2, 0.25) is 0 Å². The van der Waals surface area contributed by atoms with E-state index >= 15 is 0 Å². The van der Waals surface area contributed by atoms with Gasteiger partial charge in [0.25, 0.3) is 5.91 Å². The lowest BCUT2D eigenvalue weighted by Crippen LogP contribution is -2.43. The fourth-order valence-corrected chi connectivity index (χ4v) is 2.79. The van der Waals surface area contributed by atoms with Crippen LogP contribution in [0.15, 0.2) is 42.5 Å². The summed E-state index contributed by atoms with van der Waals surface area (Å²) in [6.07, 6.45) is 0.875. The van der Waals surface area contributed by atoms with Gasteiger partial charge in [0.05, 0.1) is 6.04 Å². The first kappa shape index (κ1) is 13.7. The van der Waals surface area contributed by atoms with Crippen molar-refractivity contribution in [2.24, 2.45) is 0 Å². The summed E-state index contributed by atoms with van der Waals surface area (Å²) in [6, 6.07) is 14.4. The molecule has 1 atom stereocenters. The molecule has 108 valence electrons. The Balaban J connectivity index is 1.73. The van der Waals surface area contributed by atoms with Gasteiger partial charge in [0.15, 0.2) is 0 Å². The van der Waals surface area contributed by atoms with Crippen molar-refractivity contribution in [2.75, 3.05) is 11.9 Å². The lowest BCUT2D eigenvalue weighted by molar-refractivity contribution is 0.0937. The summed E-state index contributed by atoms with van der Waals surface area (Å²) < 4.78 is 0. The summed E-state index contributed by atoms with van der Waals surface area (Å²) in [5.74, 6) is 0.0161. The summed E-state index contributed by atoms with van der Waals surface area (Å²) in [5.41, 5.74) is 5.33. The van der Waals surface area contributed by atoms with Gasteiger partial charge in [-0.15, -0.1) is 0 Å². The van der Waals surface area contributed by atoms with Gasteiger partial charge in [-0.1, -0.05) is 35.9 Å². The van der Waals surface area contributed by atoms with Crippen LogP contribution in [0.4, 0.5) is 5.69 Å². The van der Waals surface area contributed by atoms with Gasteiger partial charge < -0.3 is 10.6 Å². The number of hydrogen-bond donors (Lipinski definition) is 2. The molecule has 0 radical (unpaired) electrons. The molecule has 0 saturated carbocycles. The zero-order valence-corrected chi connectivity index (χ0v) is 12.4. The van der Waals surface area contributed by atoms with Crippen LogP contribution in [0, 0.1) is 13.8 Å². The van der Waals surface area contributed by atoms with Gasteiger partial charge in [0.1, 0.15) is 0 Å². The Morgan fingerprint density at radius 2 is 2.00 bits per heavy atom. The molecule has 0 spiro atoms. The van der Waals surface area contributed by atoms with Gasteiger partial charge >= 0.3 is 0 Å². The summed E-state index contributed by atoms with van der Waals surface area (Å²) >= 11 is 0. The number of amides is 1. The van der Waals surface area contributed by atoms with Crippen LogP contribution in [0.1, 0.15) is 27.0 Å². The van der Waals surface area contributed by atoms with Crippen molar-refractivity contribution in [3.8, 4) is 0 Å². The highest BCUT2D eigenvalue weighted by Gasteiger charge is 2.20. The lowest BCUT2D eigenvalue weighted by Gasteiger charge is -2.27. The second-order valence-corrected chi connectivity index (χ2v) is 5.73. The molecule has 0 saturated heterocycles. The second kappa shape index (κ2) is 5.60. The zero-order valence-electron chi connectivity index (χ0n) is 12.4. The highest BCUT2D eigenvalue weighted by atomic mass is 16.1. The van der Waals surface area contributed by atoms with Crippen LogP contribution in [-0.2, 0) is 6.42 Å². The minimum atomic E-state index is 0.0161. The molecule has 1 aliphatic heterocycles. The fourth-order valence-electron chi connectivity index (χ4n) is 2.79. The highest BCUT2D eigenvalue weighted by Crippen LogP contribution is 2.21. The van der Waals surface area contributed by atoms with Crippen LogP contribution in [0.2, 0.25) is 0 Å². The third-order valence-electron chi connectivity index (χ3n) is 4.00. The molecule has 1 amide bonds. The number of para-hydroxylation sites is 1. The van der Waals surface area contributed by atoms with E-state index in [2.05, 4.69) is 22.8 Å². The van der Waals surface area contributed by atoms with Gasteiger partial charge in [-0.2, -0.15) is 0 Å². The average molecular weight is 280 g/mol. The molecule has 3 rings (SSSR count). The predicted octanol–water partition coefficient (Wildman–Crippen LogP) is 3.07. The predicted molar refractivity (Wildman–Crippen MR) is 85.8 cm³/mol. The Bertz CT molecular complexity index is 679. The molecule has 1 heterocycles. The van der Waals surface area contributed by atoms with Crippen molar-refractivity contribution in [2.45, 2.75) is 26.3 Å².